The SMILES string of the molecule is N#Cc1ccc(NS(=O)(=O)c2ccc(-c3ccn[nH]3)s2)cc1. The van der Waals surface area contributed by atoms with Crippen molar-refractivity contribution in [1.82, 2.24) is 10.2 Å². The number of hydrogen-bond acceptors (Lipinski definition) is 5. The fraction of sp³-hybridized carbons (Fsp3) is 0. The maximum absolute atomic E-state index is 12.3. The number of nitrogens with one attached hydrogen (secondary N) is 2. The fourth-order valence-corrected chi connectivity index (χ4v) is 4.16. The summed E-state index contributed by atoms with van der Waals surface area (Å²) in [6.45, 7) is 0. The first-order valence-electron chi connectivity index (χ1n) is 6.21. The summed E-state index contributed by atoms with van der Waals surface area (Å²) in [5.41, 5.74) is 1.65. The molecule has 22 heavy (non-hydrogen) atoms. The molecular formula is C14H10N4O2S2. The van der Waals surface area contributed by atoms with Gasteiger partial charge in [-0.2, -0.15) is 10.4 Å². The van der Waals surface area contributed by atoms with Gasteiger partial charge in [0.05, 0.1) is 22.2 Å². The number of anilines is 1. The molecule has 1 aromatic carbocycles. The highest BCUT2D eigenvalue weighted by molar-refractivity contribution is 7.94. The Morgan fingerprint density at radius 3 is 2.55 bits per heavy atom. The van der Waals surface area contributed by atoms with Crippen molar-refractivity contribution < 1.29 is 8.42 Å². The zero-order chi connectivity index (χ0) is 15.6. The average molecular weight is 330 g/mol. The average Bonchev–Trinajstić information content (AvgIpc) is 3.19. The molecule has 0 atom stereocenters. The smallest absolute Gasteiger partial charge is 0.271 e. The summed E-state index contributed by atoms with van der Waals surface area (Å²) in [6.07, 6.45) is 1.61. The predicted octanol–water partition coefficient (Wildman–Crippen LogP) is 2.81. The van der Waals surface area contributed by atoms with E-state index in [0.717, 1.165) is 21.9 Å². The summed E-state index contributed by atoms with van der Waals surface area (Å²) in [4.78, 5) is 0.790. The number of benzene rings is 1. The Kier molecular flexibility index (Phi) is 3.66. The first kappa shape index (κ1) is 14.3. The lowest BCUT2D eigenvalue weighted by molar-refractivity contribution is 0.603. The van der Waals surface area contributed by atoms with Crippen LogP contribution in [-0.4, -0.2) is 18.6 Å². The highest BCUT2D eigenvalue weighted by Gasteiger charge is 2.17. The summed E-state index contributed by atoms with van der Waals surface area (Å²) in [7, 11) is -3.65. The second-order valence-corrected chi connectivity index (χ2v) is 7.38. The molecule has 0 saturated carbocycles. The van der Waals surface area contributed by atoms with Crippen LogP contribution in [0.2, 0.25) is 0 Å². The third kappa shape index (κ3) is 2.86. The van der Waals surface area contributed by atoms with E-state index in [9.17, 15) is 8.42 Å². The van der Waals surface area contributed by atoms with Crippen LogP contribution in [-0.2, 0) is 10.0 Å². The van der Waals surface area contributed by atoms with Gasteiger partial charge in [-0.05, 0) is 42.5 Å². The van der Waals surface area contributed by atoms with E-state index in [2.05, 4.69) is 14.9 Å². The monoisotopic (exact) mass is 330 g/mol. The molecule has 0 amide bonds. The Balaban J connectivity index is 1.85. The van der Waals surface area contributed by atoms with E-state index < -0.39 is 10.0 Å². The first-order chi connectivity index (χ1) is 10.6. The zero-order valence-corrected chi connectivity index (χ0v) is 12.8. The minimum Gasteiger partial charge on any atom is -0.279 e. The van der Waals surface area contributed by atoms with Gasteiger partial charge >= 0.3 is 0 Å². The Hall–Kier alpha value is -2.63. The molecule has 0 bridgehead atoms. The molecule has 0 saturated heterocycles. The van der Waals surface area contributed by atoms with Gasteiger partial charge < -0.3 is 0 Å². The summed E-state index contributed by atoms with van der Waals surface area (Å²) >= 11 is 1.15. The highest BCUT2D eigenvalue weighted by Crippen LogP contribution is 2.30. The van der Waals surface area contributed by atoms with Crippen molar-refractivity contribution in [2.75, 3.05) is 4.72 Å². The van der Waals surface area contributed by atoms with Crippen LogP contribution in [0.15, 0.2) is 52.9 Å². The Morgan fingerprint density at radius 2 is 1.91 bits per heavy atom. The van der Waals surface area contributed by atoms with Gasteiger partial charge in [-0.15, -0.1) is 11.3 Å². The summed E-state index contributed by atoms with van der Waals surface area (Å²) < 4.78 is 27.4. The van der Waals surface area contributed by atoms with Crippen LogP contribution >= 0.6 is 11.3 Å². The number of sulfonamides is 1. The quantitative estimate of drug-likeness (QED) is 0.768. The van der Waals surface area contributed by atoms with Crippen molar-refractivity contribution >= 4 is 27.0 Å². The lowest BCUT2D eigenvalue weighted by Gasteiger charge is -2.05. The number of rotatable bonds is 4. The third-order valence-electron chi connectivity index (χ3n) is 2.88. The lowest BCUT2D eigenvalue weighted by atomic mass is 10.2. The number of H-pyrrole nitrogens is 1. The molecule has 2 aromatic heterocycles. The van der Waals surface area contributed by atoms with Crippen LogP contribution in [0, 0.1) is 11.3 Å². The van der Waals surface area contributed by atoms with Crippen molar-refractivity contribution in [2.45, 2.75) is 4.21 Å². The van der Waals surface area contributed by atoms with Crippen molar-refractivity contribution in [3.05, 3.63) is 54.2 Å². The molecule has 2 heterocycles. The van der Waals surface area contributed by atoms with Crippen molar-refractivity contribution in [3.8, 4) is 16.6 Å². The van der Waals surface area contributed by atoms with Crippen molar-refractivity contribution in [1.29, 1.82) is 5.26 Å². The van der Waals surface area contributed by atoms with Crippen LogP contribution < -0.4 is 4.72 Å². The number of hydrogen-bond donors (Lipinski definition) is 2. The van der Waals surface area contributed by atoms with Crippen molar-refractivity contribution in [2.24, 2.45) is 0 Å². The van der Waals surface area contributed by atoms with Gasteiger partial charge in [0.25, 0.3) is 10.0 Å². The van der Waals surface area contributed by atoms with Gasteiger partial charge in [0.15, 0.2) is 0 Å². The molecular weight excluding hydrogens is 320 g/mol. The second kappa shape index (κ2) is 5.63. The second-order valence-electron chi connectivity index (χ2n) is 4.38. The van der Waals surface area contributed by atoms with Gasteiger partial charge in [-0.3, -0.25) is 9.82 Å². The van der Waals surface area contributed by atoms with Crippen LogP contribution in [0.4, 0.5) is 5.69 Å². The minimum atomic E-state index is -3.65. The van der Waals surface area contributed by atoms with E-state index in [1.54, 1.807) is 48.7 Å². The van der Waals surface area contributed by atoms with E-state index in [1.807, 2.05) is 6.07 Å². The maximum atomic E-state index is 12.3. The molecule has 0 unspecified atom stereocenters. The molecule has 2 N–H and O–H groups in total. The lowest BCUT2D eigenvalue weighted by Crippen LogP contribution is -2.11. The predicted molar refractivity (Wildman–Crippen MR) is 83.9 cm³/mol. The molecule has 0 aliphatic rings. The van der Waals surface area contributed by atoms with E-state index in [0.29, 0.717) is 11.3 Å². The van der Waals surface area contributed by atoms with Gasteiger partial charge in [0.2, 0.25) is 0 Å². The van der Waals surface area contributed by atoms with Gasteiger partial charge in [0, 0.05) is 11.9 Å². The Labute approximate surface area is 131 Å². The Bertz CT molecular complexity index is 920. The van der Waals surface area contributed by atoms with Gasteiger partial charge in [-0.1, -0.05) is 0 Å². The van der Waals surface area contributed by atoms with E-state index >= 15 is 0 Å². The molecule has 0 radical (unpaired) electrons. The van der Waals surface area contributed by atoms with Crippen LogP contribution in [0.5, 0.6) is 0 Å². The van der Waals surface area contributed by atoms with Crippen LogP contribution in [0.1, 0.15) is 5.56 Å². The number of thiophene rings is 1. The molecule has 3 aromatic rings. The first-order valence-corrected chi connectivity index (χ1v) is 8.51. The van der Waals surface area contributed by atoms with E-state index in [1.165, 1.54) is 0 Å². The highest BCUT2D eigenvalue weighted by atomic mass is 32.2. The largest absolute Gasteiger partial charge is 0.279 e. The number of nitriles is 1. The number of nitrogens with zero attached hydrogens (tertiary/aromatic N) is 2. The molecule has 8 heteroatoms. The molecule has 0 fully saturated rings. The summed E-state index contributed by atoms with van der Waals surface area (Å²) in [6, 6.07) is 13.3. The minimum absolute atomic E-state index is 0.210. The van der Waals surface area contributed by atoms with Gasteiger partial charge in [-0.25, -0.2) is 8.42 Å². The molecule has 0 aliphatic carbocycles. The van der Waals surface area contributed by atoms with E-state index in [4.69, 9.17) is 5.26 Å². The molecule has 6 nitrogen and oxygen atoms in total. The zero-order valence-electron chi connectivity index (χ0n) is 11.1. The summed E-state index contributed by atoms with van der Waals surface area (Å²) in [5.74, 6) is 0. The third-order valence-corrected chi connectivity index (χ3v) is 5.87. The molecule has 0 aliphatic heterocycles. The standard InChI is InChI=1S/C14H10N4O2S2/c15-9-10-1-3-11(4-2-10)18-22(19,20)14-6-5-13(21-14)12-7-8-16-17-12/h1-8,18H,(H,16,17). The molecule has 3 rings (SSSR count). The normalized spacial score (nSPS) is 11.0. The Morgan fingerprint density at radius 1 is 1.14 bits per heavy atom. The van der Waals surface area contributed by atoms with Crippen molar-refractivity contribution in [3.63, 3.8) is 0 Å². The fourth-order valence-electron chi connectivity index (χ4n) is 1.82. The number of aromatic nitrogens is 2. The topological polar surface area (TPSA) is 98.6 Å². The van der Waals surface area contributed by atoms with E-state index in [-0.39, 0.29) is 4.21 Å². The van der Waals surface area contributed by atoms with Crippen LogP contribution in [0.3, 0.4) is 0 Å². The van der Waals surface area contributed by atoms with Crippen LogP contribution in [0.25, 0.3) is 10.6 Å². The molecule has 110 valence electrons. The number of aromatic amines is 1. The maximum Gasteiger partial charge on any atom is 0.271 e. The molecule has 0 spiro atoms. The van der Waals surface area contributed by atoms with Gasteiger partial charge in [0.1, 0.15) is 4.21 Å². The summed E-state index contributed by atoms with van der Waals surface area (Å²) in [5, 5.41) is 15.4.